The van der Waals surface area contributed by atoms with Gasteiger partial charge in [0, 0.05) is 30.5 Å². The number of phenolic OH excluding ortho intramolecular Hbond substituents is 1. The molecule has 10 atom stereocenters. The van der Waals surface area contributed by atoms with Crippen molar-refractivity contribution in [3.8, 4) is 22.6 Å². The van der Waals surface area contributed by atoms with Crippen LogP contribution in [0.1, 0.15) is 29.2 Å². The van der Waals surface area contributed by atoms with Crippen LogP contribution < -0.4 is 25.7 Å². The van der Waals surface area contributed by atoms with E-state index in [0.717, 1.165) is 22.3 Å². The highest BCUT2D eigenvalue weighted by Gasteiger charge is 2.54. The molecule has 59 heavy (non-hydrogen) atoms. The smallest absolute Gasteiger partial charge is 0.318 e. The summed E-state index contributed by atoms with van der Waals surface area (Å²) in [6.07, 6.45) is -5.09. The number of nitrogens with zero attached hydrogens (tertiary/aromatic N) is 1. The van der Waals surface area contributed by atoms with E-state index in [-0.39, 0.29) is 39.9 Å². The predicted octanol–water partition coefficient (Wildman–Crippen LogP) is -0.402. The number of phenols is 1. The van der Waals surface area contributed by atoms with E-state index in [1.54, 1.807) is 30.6 Å². The third-order valence-corrected chi connectivity index (χ3v) is 10.5. The van der Waals surface area contributed by atoms with Gasteiger partial charge in [0.15, 0.2) is 17.6 Å². The fraction of sp³-hybridized carbons (Fsp3) is 0.333. The van der Waals surface area contributed by atoms with Gasteiger partial charge in [0.1, 0.15) is 53.4 Å². The number of hydrogen-bond acceptors (Lipinski definition) is 16. The summed E-state index contributed by atoms with van der Waals surface area (Å²) in [4.78, 5) is 49.6. The average Bonchev–Trinajstić information content (AvgIpc) is 3.78. The summed E-state index contributed by atoms with van der Waals surface area (Å²) in [7, 11) is 1.36. The van der Waals surface area contributed by atoms with Crippen LogP contribution in [0.25, 0.3) is 22.1 Å². The van der Waals surface area contributed by atoms with Crippen LogP contribution in [0.3, 0.4) is 0 Å². The van der Waals surface area contributed by atoms with Crippen molar-refractivity contribution < 1.29 is 68.8 Å². The zero-order valence-electron chi connectivity index (χ0n) is 32.1. The number of esters is 1. The quantitative estimate of drug-likeness (QED) is 0.0486. The molecule has 4 aromatic rings. The van der Waals surface area contributed by atoms with Crippen LogP contribution in [0.4, 0.5) is 0 Å². The third-order valence-electron chi connectivity index (χ3n) is 10.5. The number of allylic oxidation sites excluding steroid dienone is 1. The fourth-order valence-electron chi connectivity index (χ4n) is 7.63. The van der Waals surface area contributed by atoms with Crippen LogP contribution in [0.15, 0.2) is 105 Å². The minimum Gasteiger partial charge on any atom is -0.549 e. The van der Waals surface area contributed by atoms with Crippen LogP contribution in [-0.2, 0) is 23.9 Å². The molecular formula is C42H43N3O14. The van der Waals surface area contributed by atoms with Crippen LogP contribution in [0, 0.1) is 19.8 Å². The number of aliphatic imine (C=N–C) groups is 1. The Morgan fingerprint density at radius 2 is 1.76 bits per heavy atom. The van der Waals surface area contributed by atoms with Gasteiger partial charge in [0.2, 0.25) is 18.7 Å². The van der Waals surface area contributed by atoms with Crippen LogP contribution >= 0.6 is 0 Å². The molecule has 0 radical (unpaired) electrons. The minimum absolute atomic E-state index is 0.0259. The van der Waals surface area contributed by atoms with Gasteiger partial charge in [-0.2, -0.15) is 9.90 Å². The van der Waals surface area contributed by atoms with E-state index in [1.165, 1.54) is 43.6 Å². The zero-order chi connectivity index (χ0) is 42.1. The van der Waals surface area contributed by atoms with Gasteiger partial charge in [0.05, 0.1) is 22.5 Å². The molecule has 3 aliphatic heterocycles. The Bertz CT molecular complexity index is 2360. The lowest BCUT2D eigenvalue weighted by Crippen LogP contribution is -3.07. The number of aliphatic hydroxyl groups is 4. The number of rotatable bonds is 14. The summed E-state index contributed by atoms with van der Waals surface area (Å²) in [6.45, 7) is 3.42. The van der Waals surface area contributed by atoms with E-state index in [4.69, 9.17) is 23.5 Å². The molecule has 0 saturated carbocycles. The van der Waals surface area contributed by atoms with E-state index >= 15 is 0 Å². The van der Waals surface area contributed by atoms with E-state index in [9.17, 15) is 45.0 Å². The third kappa shape index (κ3) is 8.41. The van der Waals surface area contributed by atoms with Gasteiger partial charge in [-0.05, 0) is 75.4 Å². The summed E-state index contributed by atoms with van der Waals surface area (Å²) in [6, 6.07) is 14.6. The first kappa shape index (κ1) is 41.4. The maximum Gasteiger partial charge on any atom is 0.318 e. The molecule has 0 spiro atoms. The van der Waals surface area contributed by atoms with Gasteiger partial charge in [-0.15, -0.1) is 0 Å². The Labute approximate surface area is 336 Å². The molecule has 3 aliphatic rings. The topological polar surface area (TPSA) is 254 Å². The molecule has 0 amide bonds. The number of carbonyl (C=O) groups is 2. The minimum atomic E-state index is -2.36. The van der Waals surface area contributed by atoms with Crippen molar-refractivity contribution in [3.05, 3.63) is 118 Å². The van der Waals surface area contributed by atoms with Crippen molar-refractivity contribution in [1.29, 1.82) is 0 Å². The second-order valence-corrected chi connectivity index (χ2v) is 14.6. The normalized spacial score (nSPS) is 25.2. The molecule has 1 saturated heterocycles. The number of carbonyl (C=O) groups excluding carboxylic acids is 2. The first-order valence-electron chi connectivity index (χ1n) is 18.8. The number of quaternary nitrogens is 1. The summed E-state index contributed by atoms with van der Waals surface area (Å²) < 4.78 is 23.2. The monoisotopic (exact) mass is 813 g/mol. The molecular weight excluding hydrogens is 770 g/mol. The van der Waals surface area contributed by atoms with Crippen molar-refractivity contribution in [1.82, 2.24) is 5.32 Å². The van der Waals surface area contributed by atoms with Crippen molar-refractivity contribution in [2.24, 2.45) is 10.9 Å². The second kappa shape index (κ2) is 17.2. The lowest BCUT2D eigenvalue weighted by Gasteiger charge is -2.43. The summed E-state index contributed by atoms with van der Waals surface area (Å²) in [5, 5.41) is 68.4. The highest BCUT2D eigenvalue weighted by atomic mass is 16.8. The molecule has 17 nitrogen and oxygen atoms in total. The Morgan fingerprint density at radius 3 is 2.44 bits per heavy atom. The lowest BCUT2D eigenvalue weighted by atomic mass is 9.96. The number of aromatic hydroxyl groups is 1. The first-order chi connectivity index (χ1) is 28.3. The molecule has 7 rings (SSSR count). The molecule has 310 valence electrons. The number of carboxylic acid groups (broad SMARTS) is 1. The van der Waals surface area contributed by atoms with Gasteiger partial charge < -0.3 is 59.4 Å². The maximum absolute atomic E-state index is 13.5. The molecule has 1 aromatic heterocycles. The molecule has 0 aliphatic carbocycles. The Kier molecular flexibility index (Phi) is 12.1. The van der Waals surface area contributed by atoms with Crippen LogP contribution in [-0.4, -0.2) is 99.9 Å². The van der Waals surface area contributed by atoms with Gasteiger partial charge in [-0.3, -0.25) is 14.6 Å². The molecule has 1 fully saturated rings. The number of fused-ring (bicyclic) bond motifs is 2. The second-order valence-electron chi connectivity index (χ2n) is 14.6. The van der Waals surface area contributed by atoms with Gasteiger partial charge in [0.25, 0.3) is 0 Å². The highest BCUT2D eigenvalue weighted by Crippen LogP contribution is 2.32. The summed E-state index contributed by atoms with van der Waals surface area (Å²) in [5.74, 6) is -5.24. The SMILES string of the molecule is CN[C@H](CCO)[C@@H](C(=O)[O-])C(=O)O[C@H](O)[C@@H]1O[C@H](Oc2ccc3c(=O)c(-c4ccc(O)cc4)coc3c2)[C@H](O[NH+]2C=C3C=CN=C3C2c2cc(C)cc(C)c2)[C@H](O)[C@H]1O. The predicted molar refractivity (Wildman–Crippen MR) is 205 cm³/mol. The van der Waals surface area contributed by atoms with E-state index in [2.05, 4.69) is 10.3 Å². The van der Waals surface area contributed by atoms with Crippen molar-refractivity contribution in [3.63, 3.8) is 0 Å². The van der Waals surface area contributed by atoms with Crippen LogP contribution in [0.2, 0.25) is 0 Å². The number of aryl methyl sites for hydroxylation is 2. The van der Waals surface area contributed by atoms with Crippen molar-refractivity contribution in [2.45, 2.75) is 69.3 Å². The zero-order valence-corrected chi connectivity index (χ0v) is 32.1. The fourth-order valence-corrected chi connectivity index (χ4v) is 7.63. The Morgan fingerprint density at radius 1 is 1.03 bits per heavy atom. The van der Waals surface area contributed by atoms with E-state index in [1.807, 2.05) is 32.0 Å². The standard InChI is InChI=1S/C42H43N3O14/c1-20-14-21(2)16-24(15-20)33-32-23(10-12-44-32)18-45(33)59-38-36(50)35(49)37(41(54)58-40(53)31(39(51)52)29(43-3)11-13-46)57-42(38)56-26-8-9-27-30(17-26)55-19-28(34(27)48)22-4-6-25(47)7-5-22/h4-10,12,14-19,29,31,33,35-38,41-43,46-47,49-50,54H,11,13H2,1-3H3,(H,51,52)/t29-,31+,33?,35-,36-,37-,38-,41+,42+/m1/s1. The molecule has 7 N–H and O–H groups in total. The number of nitrogens with one attached hydrogen (secondary N) is 2. The van der Waals surface area contributed by atoms with Gasteiger partial charge in [-0.25, -0.2) is 0 Å². The number of benzene rings is 3. The Hall–Kier alpha value is -5.76. The summed E-state index contributed by atoms with van der Waals surface area (Å²) in [5.41, 5.74) is 4.74. The van der Waals surface area contributed by atoms with Gasteiger partial charge >= 0.3 is 5.97 Å². The first-order valence-corrected chi connectivity index (χ1v) is 18.8. The Balaban J connectivity index is 1.21. The number of ether oxygens (including phenoxy) is 3. The molecule has 2 unspecified atom stereocenters. The molecule has 4 heterocycles. The maximum atomic E-state index is 13.5. The number of hydroxylamine groups is 2. The van der Waals surface area contributed by atoms with Gasteiger partial charge in [-0.1, -0.05) is 29.3 Å². The van der Waals surface area contributed by atoms with Crippen molar-refractivity contribution >= 4 is 28.6 Å². The van der Waals surface area contributed by atoms with Crippen molar-refractivity contribution in [2.75, 3.05) is 13.7 Å². The van der Waals surface area contributed by atoms with Crippen LogP contribution in [0.5, 0.6) is 11.5 Å². The highest BCUT2D eigenvalue weighted by molar-refractivity contribution is 6.08. The number of aliphatic hydroxyl groups excluding tert-OH is 4. The van der Waals surface area contributed by atoms with E-state index in [0.29, 0.717) is 16.3 Å². The molecule has 0 bridgehead atoms. The number of hydrogen-bond donors (Lipinski definition) is 7. The summed E-state index contributed by atoms with van der Waals surface area (Å²) >= 11 is 0. The van der Waals surface area contributed by atoms with E-state index < -0.39 is 73.5 Å². The lowest BCUT2D eigenvalue weighted by molar-refractivity contribution is -1.07. The number of carboxylic acids is 1. The average molecular weight is 814 g/mol. The number of aliphatic carboxylic acids is 1. The molecule has 3 aromatic carbocycles. The largest absolute Gasteiger partial charge is 0.549 e. The molecule has 17 heteroatoms.